The fourth-order valence-corrected chi connectivity index (χ4v) is 3.94. The fourth-order valence-electron chi connectivity index (χ4n) is 3.94. The second-order valence-corrected chi connectivity index (χ2v) is 9.19. The zero-order valence-corrected chi connectivity index (χ0v) is 21.5. The molecule has 1 fully saturated rings. The van der Waals surface area contributed by atoms with E-state index in [0.29, 0.717) is 18.6 Å². The van der Waals surface area contributed by atoms with Crippen molar-refractivity contribution in [1.29, 1.82) is 0 Å². The molecule has 1 aliphatic rings. The second-order valence-electron chi connectivity index (χ2n) is 9.19. The first-order valence-corrected chi connectivity index (χ1v) is 10.7. The van der Waals surface area contributed by atoms with Gasteiger partial charge in [0.05, 0.1) is 12.6 Å². The van der Waals surface area contributed by atoms with E-state index in [0.717, 1.165) is 38.6 Å². The maximum Gasteiger partial charge on any atom is 0.191 e. The molecule has 2 rings (SSSR count). The summed E-state index contributed by atoms with van der Waals surface area (Å²) in [4.78, 5) is 7.00. The molecule has 5 nitrogen and oxygen atoms in total. The Morgan fingerprint density at radius 2 is 1.93 bits per heavy atom. The lowest BCUT2D eigenvalue weighted by molar-refractivity contribution is -0.0835. The van der Waals surface area contributed by atoms with Crippen molar-refractivity contribution < 1.29 is 4.74 Å². The summed E-state index contributed by atoms with van der Waals surface area (Å²) in [5.41, 5.74) is 2.72. The number of halogens is 1. The normalized spacial score (nSPS) is 20.3. The van der Waals surface area contributed by atoms with E-state index >= 15 is 0 Å². The van der Waals surface area contributed by atoms with Crippen LogP contribution in [-0.2, 0) is 17.8 Å². The van der Waals surface area contributed by atoms with Crippen LogP contribution in [0.25, 0.3) is 0 Å². The monoisotopic (exact) mass is 516 g/mol. The Balaban J connectivity index is 0.00000420. The van der Waals surface area contributed by atoms with Gasteiger partial charge < -0.3 is 20.3 Å². The molecule has 0 amide bonds. The van der Waals surface area contributed by atoms with Gasteiger partial charge in [0, 0.05) is 32.2 Å². The van der Waals surface area contributed by atoms with Gasteiger partial charge in [-0.25, -0.2) is 4.99 Å². The van der Waals surface area contributed by atoms with E-state index in [4.69, 9.17) is 9.73 Å². The third-order valence-electron chi connectivity index (χ3n) is 5.08. The van der Waals surface area contributed by atoms with E-state index in [-0.39, 0.29) is 29.4 Å². The van der Waals surface area contributed by atoms with Gasteiger partial charge in [-0.05, 0) is 50.4 Å². The van der Waals surface area contributed by atoms with Gasteiger partial charge in [-0.1, -0.05) is 45.0 Å². The van der Waals surface area contributed by atoms with E-state index in [2.05, 4.69) is 81.6 Å². The topological polar surface area (TPSA) is 48.9 Å². The predicted molar refractivity (Wildman–Crippen MR) is 134 cm³/mol. The van der Waals surface area contributed by atoms with Gasteiger partial charge >= 0.3 is 0 Å². The van der Waals surface area contributed by atoms with Gasteiger partial charge in [-0.2, -0.15) is 0 Å². The number of rotatable bonds is 7. The van der Waals surface area contributed by atoms with Crippen molar-refractivity contribution in [2.75, 3.05) is 33.8 Å². The van der Waals surface area contributed by atoms with Crippen LogP contribution in [0.3, 0.4) is 0 Å². The van der Waals surface area contributed by atoms with Crippen LogP contribution in [0.2, 0.25) is 0 Å². The van der Waals surface area contributed by atoms with E-state index in [1.54, 1.807) is 0 Å². The van der Waals surface area contributed by atoms with Gasteiger partial charge in [0.15, 0.2) is 5.96 Å². The Kier molecular flexibility index (Phi) is 11.5. The molecule has 1 saturated heterocycles. The minimum Gasteiger partial charge on any atom is -0.377 e. The van der Waals surface area contributed by atoms with Crippen molar-refractivity contribution in [3.63, 3.8) is 0 Å². The highest BCUT2D eigenvalue weighted by Gasteiger charge is 2.35. The van der Waals surface area contributed by atoms with Crippen LogP contribution >= 0.6 is 24.0 Å². The minimum absolute atomic E-state index is 0. The molecule has 166 valence electrons. The molecule has 1 aromatic rings. The molecule has 2 N–H and O–H groups in total. The predicted octanol–water partition coefficient (Wildman–Crippen LogP) is 4.26. The lowest BCUT2D eigenvalue weighted by atomic mass is 9.78. The van der Waals surface area contributed by atoms with Crippen molar-refractivity contribution in [3.05, 3.63) is 35.4 Å². The largest absolute Gasteiger partial charge is 0.377 e. The van der Waals surface area contributed by atoms with Gasteiger partial charge in [-0.3, -0.25) is 0 Å². The Bertz CT molecular complexity index is 628. The third-order valence-corrected chi connectivity index (χ3v) is 5.08. The molecule has 1 aromatic carbocycles. The van der Waals surface area contributed by atoms with Gasteiger partial charge in [0.25, 0.3) is 0 Å². The summed E-state index contributed by atoms with van der Waals surface area (Å²) in [5, 5.41) is 6.94. The number of nitrogens with zero attached hydrogens (tertiary/aromatic N) is 2. The summed E-state index contributed by atoms with van der Waals surface area (Å²) in [7, 11) is 4.19. The Morgan fingerprint density at radius 3 is 2.59 bits per heavy atom. The van der Waals surface area contributed by atoms with Crippen LogP contribution in [-0.4, -0.2) is 50.8 Å². The molecule has 0 bridgehead atoms. The van der Waals surface area contributed by atoms with Crippen LogP contribution in [0.15, 0.2) is 29.3 Å². The number of nitrogens with one attached hydrogen (secondary N) is 2. The zero-order valence-electron chi connectivity index (χ0n) is 19.1. The van der Waals surface area contributed by atoms with Crippen LogP contribution in [0.5, 0.6) is 0 Å². The highest BCUT2D eigenvalue weighted by Crippen LogP contribution is 2.33. The summed E-state index contributed by atoms with van der Waals surface area (Å²) in [6, 6.07) is 8.69. The standard InChI is InChI=1S/C23H40N4O.HI/c1-7-24-22(25-15-18-10-8-11-19(14-18)17-27(5)6)26-16-20-12-9-13-28-21(20)23(2,3)4;/h8,10-11,14,20-21H,7,9,12-13,15-17H2,1-6H3,(H2,24,25,26);1H. The molecule has 0 aliphatic carbocycles. The van der Waals surface area contributed by atoms with E-state index in [9.17, 15) is 0 Å². The Morgan fingerprint density at radius 1 is 1.21 bits per heavy atom. The van der Waals surface area contributed by atoms with Gasteiger partial charge in [0.2, 0.25) is 0 Å². The first-order chi connectivity index (χ1) is 13.3. The Hall–Kier alpha value is -0.860. The Labute approximate surface area is 195 Å². The number of guanidine groups is 1. The fraction of sp³-hybridized carbons (Fsp3) is 0.696. The zero-order chi connectivity index (χ0) is 20.6. The maximum absolute atomic E-state index is 6.12. The summed E-state index contributed by atoms with van der Waals surface area (Å²) in [5.74, 6) is 1.40. The lowest BCUT2D eigenvalue weighted by Crippen LogP contribution is -2.47. The molecule has 1 heterocycles. The molecule has 2 unspecified atom stereocenters. The molecule has 2 atom stereocenters. The minimum atomic E-state index is 0. The van der Waals surface area contributed by atoms with Crippen LogP contribution in [0.1, 0.15) is 51.7 Å². The molecule has 1 aliphatic heterocycles. The van der Waals surface area contributed by atoms with Crippen molar-refractivity contribution in [2.24, 2.45) is 16.3 Å². The molecule has 0 aromatic heterocycles. The van der Waals surface area contributed by atoms with Crippen LogP contribution in [0, 0.1) is 11.3 Å². The molecule has 0 spiro atoms. The highest BCUT2D eigenvalue weighted by molar-refractivity contribution is 14.0. The smallest absolute Gasteiger partial charge is 0.191 e. The maximum atomic E-state index is 6.12. The quantitative estimate of drug-likeness (QED) is 0.323. The van der Waals surface area contributed by atoms with E-state index in [1.807, 2.05) is 0 Å². The number of aliphatic imine (C=N–C) groups is 1. The van der Waals surface area contributed by atoms with E-state index in [1.165, 1.54) is 17.5 Å². The number of hydrogen-bond acceptors (Lipinski definition) is 3. The average molecular weight is 517 g/mol. The molecule has 29 heavy (non-hydrogen) atoms. The van der Waals surface area contributed by atoms with Gasteiger partial charge in [0.1, 0.15) is 0 Å². The third kappa shape index (κ3) is 9.22. The number of hydrogen-bond donors (Lipinski definition) is 2. The van der Waals surface area contributed by atoms with Gasteiger partial charge in [-0.15, -0.1) is 24.0 Å². The lowest BCUT2D eigenvalue weighted by Gasteiger charge is -2.40. The van der Waals surface area contributed by atoms with Crippen molar-refractivity contribution in [2.45, 2.75) is 59.7 Å². The summed E-state index contributed by atoms with van der Waals surface area (Å²) >= 11 is 0. The SMILES string of the molecule is CCNC(=NCc1cccc(CN(C)C)c1)NCC1CCCOC1C(C)(C)C.I. The van der Waals surface area contributed by atoms with Crippen molar-refractivity contribution >= 4 is 29.9 Å². The van der Waals surface area contributed by atoms with Crippen molar-refractivity contribution in [3.8, 4) is 0 Å². The summed E-state index contributed by atoms with van der Waals surface area (Å²) < 4.78 is 6.12. The molecule has 0 radical (unpaired) electrons. The molecular formula is C23H41IN4O. The van der Waals surface area contributed by atoms with E-state index < -0.39 is 0 Å². The molecule has 6 heteroatoms. The number of ether oxygens (including phenoxy) is 1. The average Bonchev–Trinajstić information content (AvgIpc) is 2.63. The molecular weight excluding hydrogens is 475 g/mol. The summed E-state index contributed by atoms with van der Waals surface area (Å²) in [6.07, 6.45) is 2.64. The molecule has 0 saturated carbocycles. The van der Waals surface area contributed by atoms with Crippen LogP contribution in [0.4, 0.5) is 0 Å². The second kappa shape index (κ2) is 12.7. The number of benzene rings is 1. The van der Waals surface area contributed by atoms with Crippen molar-refractivity contribution in [1.82, 2.24) is 15.5 Å². The van der Waals surface area contributed by atoms with Crippen LogP contribution < -0.4 is 10.6 Å². The highest BCUT2D eigenvalue weighted by atomic mass is 127. The first kappa shape index (κ1) is 26.2. The summed E-state index contributed by atoms with van der Waals surface area (Å²) in [6.45, 7) is 13.2. The first-order valence-electron chi connectivity index (χ1n) is 10.7.